The number of ether oxygens (including phenoxy) is 1. The summed E-state index contributed by atoms with van der Waals surface area (Å²) < 4.78 is 92.6. The van der Waals surface area contributed by atoms with Crippen molar-refractivity contribution < 1.29 is 18.4 Å². The van der Waals surface area contributed by atoms with Crippen molar-refractivity contribution in [2.45, 2.75) is 0 Å². The quantitative estimate of drug-likeness (QED) is 0.162. The van der Waals surface area contributed by atoms with Gasteiger partial charge in [0, 0.05) is 22.5 Å². The van der Waals surface area contributed by atoms with Crippen LogP contribution in [-0.4, -0.2) is 0 Å². The Hall–Kier alpha value is -7.42. The van der Waals surface area contributed by atoms with E-state index in [4.69, 9.17) is 18.4 Å². The number of anilines is 3. The topological polar surface area (TPSA) is 12.5 Å². The maximum absolute atomic E-state index is 8.89. The number of nitrogens with zero attached hydrogens (tertiary/aromatic N) is 1. The number of fused-ring (bicyclic) bond motifs is 5. The largest absolute Gasteiger partial charge is 0.456 e. The van der Waals surface area contributed by atoms with Gasteiger partial charge in [0.25, 0.3) is 0 Å². The monoisotopic (exact) mass is 725 g/mol. The van der Waals surface area contributed by atoms with Gasteiger partial charge in [0.1, 0.15) is 11.5 Å². The van der Waals surface area contributed by atoms with Gasteiger partial charge in [-0.1, -0.05) is 170 Å². The van der Waals surface area contributed by atoms with Gasteiger partial charge in [-0.2, -0.15) is 0 Å². The minimum absolute atomic E-state index is 0.0126. The molecule has 1 aliphatic heterocycles. The fourth-order valence-electron chi connectivity index (χ4n) is 7.39. The summed E-state index contributed by atoms with van der Waals surface area (Å²) in [7, 11) is 0. The zero-order chi connectivity index (χ0) is 46.0. The smallest absolute Gasteiger partial charge is 0.137 e. The zero-order valence-electron chi connectivity index (χ0n) is 39.9. The average molecular weight is 726 g/mol. The lowest BCUT2D eigenvalue weighted by molar-refractivity contribution is 0.488. The van der Waals surface area contributed by atoms with Crippen molar-refractivity contribution in [1.29, 1.82) is 0 Å². The summed E-state index contributed by atoms with van der Waals surface area (Å²) in [5.41, 5.74) is 9.89. The normalized spacial score (nSPS) is 13.9. The second-order valence-electron chi connectivity index (χ2n) is 13.4. The summed E-state index contributed by atoms with van der Waals surface area (Å²) in [4.78, 5) is 2.16. The summed E-state index contributed by atoms with van der Waals surface area (Å²) in [6.45, 7) is 0. The van der Waals surface area contributed by atoms with E-state index in [2.05, 4.69) is 77.7 Å². The van der Waals surface area contributed by atoms with Crippen LogP contribution in [0.2, 0.25) is 0 Å². The van der Waals surface area contributed by atoms with Gasteiger partial charge in [0.2, 0.25) is 0 Å². The number of hydrogen-bond donors (Lipinski definition) is 0. The van der Waals surface area contributed by atoms with E-state index >= 15 is 0 Å². The molecule has 0 atom stereocenters. The SMILES string of the molecule is [2H]c1c([2H])c([2H])c(-c2ccc3c(c2)-c2cc(-c4c([2H])c([2H])c([2H])c([2H])c4[2H])ccc2-c2c(cccc2N(c2ccc(-c4ccccc4)cc2)c2ccc(-c4ccccc4)cc2)O3)c([2H])c1[2H]. The highest BCUT2D eigenvalue weighted by Crippen LogP contribution is 2.53. The maximum atomic E-state index is 8.89. The van der Waals surface area contributed by atoms with Gasteiger partial charge in [-0.15, -0.1) is 0 Å². The van der Waals surface area contributed by atoms with E-state index in [0.29, 0.717) is 44.9 Å². The van der Waals surface area contributed by atoms with E-state index < -0.39 is 36.3 Å². The Kier molecular flexibility index (Phi) is 6.21. The molecular weight excluding hydrogens is 679 g/mol. The Bertz CT molecular complexity index is 3240. The molecule has 0 aliphatic carbocycles. The molecule has 0 amide bonds. The van der Waals surface area contributed by atoms with Crippen molar-refractivity contribution >= 4 is 17.1 Å². The Morgan fingerprint density at radius 1 is 0.339 bits per heavy atom. The van der Waals surface area contributed by atoms with Crippen molar-refractivity contribution in [1.82, 2.24) is 0 Å². The van der Waals surface area contributed by atoms with Crippen LogP contribution in [0.15, 0.2) is 224 Å². The maximum Gasteiger partial charge on any atom is 0.137 e. The van der Waals surface area contributed by atoms with Crippen LogP contribution in [0, 0.1) is 0 Å². The van der Waals surface area contributed by atoms with Crippen molar-refractivity contribution in [2.24, 2.45) is 0 Å². The fraction of sp³-hybridized carbons (Fsp3) is 0. The van der Waals surface area contributed by atoms with Crippen molar-refractivity contribution in [3.63, 3.8) is 0 Å². The van der Waals surface area contributed by atoms with Crippen LogP contribution in [0.5, 0.6) is 11.5 Å². The van der Waals surface area contributed by atoms with Crippen LogP contribution in [0.3, 0.4) is 0 Å². The fourth-order valence-corrected chi connectivity index (χ4v) is 7.39. The van der Waals surface area contributed by atoms with E-state index in [9.17, 15) is 0 Å². The van der Waals surface area contributed by atoms with E-state index in [1.165, 1.54) is 0 Å². The summed E-state index contributed by atoms with van der Waals surface area (Å²) in [6.07, 6.45) is 0. The van der Waals surface area contributed by atoms with Crippen LogP contribution < -0.4 is 9.64 Å². The minimum Gasteiger partial charge on any atom is -0.456 e. The van der Waals surface area contributed by atoms with Gasteiger partial charge in [0.15, 0.2) is 0 Å². The standard InChI is InChI=1S/C54H37NO/c1-5-14-38(15-6-1)42-24-30-46(31-25-42)55(47-32-26-43(27-33-47)39-16-7-2-8-17-39)51-22-13-23-53-54(51)48-34-28-44(40-18-9-3-10-19-40)36-49(48)50-37-45(29-35-52(50)56-53)41-20-11-4-12-21-41/h1-37H/i3D,4D,9D,10D,11D,12D,18D,19D,20D,21D. The third-order valence-electron chi connectivity index (χ3n) is 10.1. The van der Waals surface area contributed by atoms with E-state index in [-0.39, 0.29) is 35.3 Å². The van der Waals surface area contributed by atoms with Crippen LogP contribution in [0.25, 0.3) is 66.8 Å². The first-order chi connectivity index (χ1) is 31.9. The highest BCUT2D eigenvalue weighted by atomic mass is 16.5. The number of benzene rings is 9. The molecular formula is C54H37NO. The molecule has 264 valence electrons. The van der Waals surface area contributed by atoms with Gasteiger partial charge in [-0.25, -0.2) is 0 Å². The Morgan fingerprint density at radius 3 is 1.38 bits per heavy atom. The van der Waals surface area contributed by atoms with E-state index in [1.54, 1.807) is 30.3 Å². The molecule has 0 unspecified atom stereocenters. The van der Waals surface area contributed by atoms with Crippen molar-refractivity contribution in [3.05, 3.63) is 224 Å². The summed E-state index contributed by atoms with van der Waals surface area (Å²) in [6, 6.07) is 48.9. The molecule has 0 aromatic heterocycles. The molecule has 0 fully saturated rings. The van der Waals surface area contributed by atoms with Crippen LogP contribution in [0.1, 0.15) is 13.7 Å². The second-order valence-corrected chi connectivity index (χ2v) is 13.4. The third-order valence-corrected chi connectivity index (χ3v) is 10.1. The summed E-state index contributed by atoms with van der Waals surface area (Å²) >= 11 is 0. The Labute approximate surface area is 342 Å². The molecule has 2 heteroatoms. The molecule has 0 saturated heterocycles. The third kappa shape index (κ3) is 6.24. The average Bonchev–Trinajstić information content (AvgIpc) is 3.49. The first kappa shape index (κ1) is 24.1. The molecule has 9 aromatic rings. The lowest BCUT2D eigenvalue weighted by atomic mass is 9.89. The predicted octanol–water partition coefficient (Wildman–Crippen LogP) is 15.3. The molecule has 0 saturated carbocycles. The van der Waals surface area contributed by atoms with Crippen molar-refractivity contribution in [2.75, 3.05) is 4.90 Å². The number of hydrogen-bond acceptors (Lipinski definition) is 2. The Morgan fingerprint density at radius 2 is 0.821 bits per heavy atom. The van der Waals surface area contributed by atoms with Crippen molar-refractivity contribution in [3.8, 4) is 78.3 Å². The molecule has 10 rings (SSSR count). The first-order valence-corrected chi connectivity index (χ1v) is 18.3. The van der Waals surface area contributed by atoms with Crippen LogP contribution in [0.4, 0.5) is 17.1 Å². The molecule has 1 aliphatic rings. The predicted molar refractivity (Wildman–Crippen MR) is 234 cm³/mol. The van der Waals surface area contributed by atoms with E-state index in [1.807, 2.05) is 60.7 Å². The van der Waals surface area contributed by atoms with Gasteiger partial charge < -0.3 is 9.64 Å². The summed E-state index contributed by atoms with van der Waals surface area (Å²) in [5.74, 6) is 0.901. The van der Waals surface area contributed by atoms with E-state index in [0.717, 1.165) is 39.3 Å². The zero-order valence-corrected chi connectivity index (χ0v) is 29.9. The summed E-state index contributed by atoms with van der Waals surface area (Å²) in [5, 5.41) is 0. The molecule has 0 bridgehead atoms. The van der Waals surface area contributed by atoms with Gasteiger partial charge in [-0.05, 0) is 110 Å². The molecule has 56 heavy (non-hydrogen) atoms. The Balaban J connectivity index is 1.23. The van der Waals surface area contributed by atoms with Crippen LogP contribution in [-0.2, 0) is 0 Å². The van der Waals surface area contributed by atoms with Gasteiger partial charge in [-0.3, -0.25) is 0 Å². The lowest BCUT2D eigenvalue weighted by Crippen LogP contribution is -2.11. The van der Waals surface area contributed by atoms with Gasteiger partial charge in [0.05, 0.1) is 19.4 Å². The molecule has 0 spiro atoms. The second kappa shape index (κ2) is 14.4. The minimum atomic E-state index is -0.502. The molecule has 2 nitrogen and oxygen atoms in total. The van der Waals surface area contributed by atoms with Crippen LogP contribution >= 0.6 is 0 Å². The highest BCUT2D eigenvalue weighted by Gasteiger charge is 2.27. The molecule has 0 N–H and O–H groups in total. The molecule has 0 radical (unpaired) electrons. The molecule has 1 heterocycles. The highest BCUT2D eigenvalue weighted by molar-refractivity contribution is 6.01. The molecule has 9 aromatic carbocycles. The first-order valence-electron chi connectivity index (χ1n) is 23.3. The number of rotatable bonds is 7. The lowest BCUT2D eigenvalue weighted by Gasteiger charge is -2.29. The van der Waals surface area contributed by atoms with Gasteiger partial charge >= 0.3 is 0 Å².